The van der Waals surface area contributed by atoms with E-state index in [1.807, 2.05) is 0 Å². The Morgan fingerprint density at radius 1 is 1.29 bits per heavy atom. The van der Waals surface area contributed by atoms with E-state index in [9.17, 15) is 0 Å². The highest BCUT2D eigenvalue weighted by Crippen LogP contribution is 2.47. The first-order valence-electron chi connectivity index (χ1n) is 5.36. The molecule has 1 spiro atoms. The smallest absolute Gasteiger partial charge is 0.0372 e. The van der Waals surface area contributed by atoms with Crippen LogP contribution in [0, 0.1) is 0 Å². The molecule has 1 fully saturated rings. The lowest BCUT2D eigenvalue weighted by atomic mass is 9.92. The van der Waals surface area contributed by atoms with Crippen molar-refractivity contribution in [1.82, 2.24) is 5.32 Å². The number of hydrogen-bond donors (Lipinski definition) is 1. The molecule has 2 heteroatoms. The van der Waals surface area contributed by atoms with Gasteiger partial charge in [-0.2, -0.15) is 0 Å². The summed E-state index contributed by atoms with van der Waals surface area (Å²) in [6.07, 6.45) is 3.97. The summed E-state index contributed by atoms with van der Waals surface area (Å²) in [7, 11) is 0. The molecule has 2 aliphatic rings. The van der Waals surface area contributed by atoms with E-state index < -0.39 is 0 Å². The highest BCUT2D eigenvalue weighted by molar-refractivity contribution is 8.01. The van der Waals surface area contributed by atoms with Gasteiger partial charge in [0.1, 0.15) is 0 Å². The highest BCUT2D eigenvalue weighted by Gasteiger charge is 2.38. The van der Waals surface area contributed by atoms with Gasteiger partial charge in [-0.1, -0.05) is 18.2 Å². The molecule has 0 amide bonds. The van der Waals surface area contributed by atoms with Crippen LogP contribution in [0.4, 0.5) is 0 Å². The second-order valence-electron chi connectivity index (χ2n) is 4.35. The van der Waals surface area contributed by atoms with E-state index in [0.29, 0.717) is 4.75 Å². The summed E-state index contributed by atoms with van der Waals surface area (Å²) in [5.41, 5.74) is 1.56. The van der Waals surface area contributed by atoms with Gasteiger partial charge in [-0.15, -0.1) is 11.8 Å². The summed E-state index contributed by atoms with van der Waals surface area (Å²) < 4.78 is 0.488. The van der Waals surface area contributed by atoms with E-state index in [1.165, 1.54) is 37.2 Å². The molecule has 1 N–H and O–H groups in total. The van der Waals surface area contributed by atoms with Crippen molar-refractivity contribution < 1.29 is 0 Å². The van der Waals surface area contributed by atoms with Crippen LogP contribution in [0.3, 0.4) is 0 Å². The lowest BCUT2D eigenvalue weighted by molar-refractivity contribution is 0.419. The fourth-order valence-corrected chi connectivity index (χ4v) is 4.08. The SMILES string of the molecule is c1ccc2c(c1)CC1(CCCNC1)S2. The molecule has 0 bridgehead atoms. The van der Waals surface area contributed by atoms with Crippen LogP contribution >= 0.6 is 11.8 Å². The number of thioether (sulfide) groups is 1. The number of rotatable bonds is 0. The lowest BCUT2D eigenvalue weighted by Gasteiger charge is -2.32. The zero-order valence-electron chi connectivity index (χ0n) is 8.25. The van der Waals surface area contributed by atoms with Crippen LogP contribution in [0.1, 0.15) is 18.4 Å². The van der Waals surface area contributed by atoms with Crippen molar-refractivity contribution in [3.63, 3.8) is 0 Å². The minimum Gasteiger partial charge on any atom is -0.315 e. The standard InChI is InChI=1S/C12H15NS/c1-2-5-11-10(4-1)8-12(14-11)6-3-7-13-9-12/h1-2,4-5,13H,3,6-9H2. The minimum atomic E-state index is 0.488. The largest absolute Gasteiger partial charge is 0.315 e. The number of benzene rings is 1. The van der Waals surface area contributed by atoms with Crippen LogP contribution in [-0.4, -0.2) is 17.8 Å². The number of hydrogen-bond acceptors (Lipinski definition) is 2. The Balaban J connectivity index is 1.89. The fourth-order valence-electron chi connectivity index (χ4n) is 2.54. The van der Waals surface area contributed by atoms with Crippen LogP contribution in [-0.2, 0) is 6.42 Å². The van der Waals surface area contributed by atoms with Crippen molar-refractivity contribution in [3.8, 4) is 0 Å². The van der Waals surface area contributed by atoms with Gasteiger partial charge in [0, 0.05) is 16.2 Å². The van der Waals surface area contributed by atoms with Crippen LogP contribution < -0.4 is 5.32 Å². The summed E-state index contributed by atoms with van der Waals surface area (Å²) in [6, 6.07) is 8.87. The molecule has 0 aromatic heterocycles. The molecule has 1 nitrogen and oxygen atoms in total. The van der Waals surface area contributed by atoms with E-state index in [1.54, 1.807) is 5.56 Å². The van der Waals surface area contributed by atoms with Crippen LogP contribution in [0.25, 0.3) is 0 Å². The van der Waals surface area contributed by atoms with Crippen molar-refractivity contribution in [2.75, 3.05) is 13.1 Å². The number of piperidine rings is 1. The first-order valence-corrected chi connectivity index (χ1v) is 6.17. The van der Waals surface area contributed by atoms with Gasteiger partial charge in [0.15, 0.2) is 0 Å². The Morgan fingerprint density at radius 2 is 2.21 bits per heavy atom. The molecular weight excluding hydrogens is 190 g/mol. The summed E-state index contributed by atoms with van der Waals surface area (Å²) in [5.74, 6) is 0. The van der Waals surface area contributed by atoms with Gasteiger partial charge in [0.25, 0.3) is 0 Å². The van der Waals surface area contributed by atoms with Gasteiger partial charge in [-0.05, 0) is 37.4 Å². The third kappa shape index (κ3) is 1.37. The van der Waals surface area contributed by atoms with Gasteiger partial charge in [0.05, 0.1) is 0 Å². The van der Waals surface area contributed by atoms with E-state index in [2.05, 4.69) is 41.3 Å². The van der Waals surface area contributed by atoms with Gasteiger partial charge in [0.2, 0.25) is 0 Å². The van der Waals surface area contributed by atoms with E-state index in [-0.39, 0.29) is 0 Å². The predicted octanol–water partition coefficient (Wildman–Crippen LogP) is 2.46. The first-order chi connectivity index (χ1) is 6.88. The maximum Gasteiger partial charge on any atom is 0.0372 e. The van der Waals surface area contributed by atoms with Crippen LogP contribution in [0.15, 0.2) is 29.2 Å². The van der Waals surface area contributed by atoms with Gasteiger partial charge in [-0.25, -0.2) is 0 Å². The molecule has 14 heavy (non-hydrogen) atoms. The molecule has 74 valence electrons. The molecule has 1 unspecified atom stereocenters. The summed E-state index contributed by atoms with van der Waals surface area (Å²) in [4.78, 5) is 1.51. The zero-order valence-corrected chi connectivity index (χ0v) is 9.07. The molecule has 1 saturated heterocycles. The van der Waals surface area contributed by atoms with E-state index >= 15 is 0 Å². The molecule has 0 saturated carbocycles. The fraction of sp³-hybridized carbons (Fsp3) is 0.500. The number of nitrogens with one attached hydrogen (secondary N) is 1. The predicted molar refractivity (Wildman–Crippen MR) is 60.8 cm³/mol. The topological polar surface area (TPSA) is 12.0 Å². The molecular formula is C12H15NS. The molecule has 2 heterocycles. The summed E-state index contributed by atoms with van der Waals surface area (Å²) >= 11 is 2.10. The average molecular weight is 205 g/mol. The molecule has 0 aliphatic carbocycles. The van der Waals surface area contributed by atoms with Gasteiger partial charge >= 0.3 is 0 Å². The Morgan fingerprint density at radius 3 is 3.00 bits per heavy atom. The Kier molecular flexibility index (Phi) is 2.06. The second kappa shape index (κ2) is 3.28. The third-order valence-electron chi connectivity index (χ3n) is 3.24. The van der Waals surface area contributed by atoms with Gasteiger partial charge < -0.3 is 5.32 Å². The Labute approximate surface area is 89.3 Å². The average Bonchev–Trinajstić information content (AvgIpc) is 2.56. The third-order valence-corrected chi connectivity index (χ3v) is 4.79. The van der Waals surface area contributed by atoms with Gasteiger partial charge in [-0.3, -0.25) is 0 Å². The maximum atomic E-state index is 3.53. The monoisotopic (exact) mass is 205 g/mol. The van der Waals surface area contributed by atoms with Crippen molar-refractivity contribution in [1.29, 1.82) is 0 Å². The minimum absolute atomic E-state index is 0.488. The number of fused-ring (bicyclic) bond motifs is 1. The molecule has 2 aliphatic heterocycles. The Bertz CT molecular complexity index is 315. The van der Waals surface area contributed by atoms with Crippen molar-refractivity contribution in [2.45, 2.75) is 28.9 Å². The lowest BCUT2D eigenvalue weighted by Crippen LogP contribution is -2.42. The van der Waals surface area contributed by atoms with Crippen molar-refractivity contribution in [2.24, 2.45) is 0 Å². The van der Waals surface area contributed by atoms with Crippen molar-refractivity contribution >= 4 is 11.8 Å². The quantitative estimate of drug-likeness (QED) is 0.698. The highest BCUT2D eigenvalue weighted by atomic mass is 32.2. The molecule has 1 atom stereocenters. The normalized spacial score (nSPS) is 30.6. The Hall–Kier alpha value is -0.470. The molecule has 1 aromatic rings. The summed E-state index contributed by atoms with van der Waals surface area (Å²) in [6.45, 7) is 2.39. The van der Waals surface area contributed by atoms with E-state index in [0.717, 1.165) is 0 Å². The molecule has 0 radical (unpaired) electrons. The molecule has 1 aromatic carbocycles. The second-order valence-corrected chi connectivity index (χ2v) is 5.86. The van der Waals surface area contributed by atoms with Crippen LogP contribution in [0.2, 0.25) is 0 Å². The first kappa shape index (κ1) is 8.81. The maximum absolute atomic E-state index is 3.53. The zero-order chi connectivity index (χ0) is 9.43. The summed E-state index contributed by atoms with van der Waals surface area (Å²) in [5, 5.41) is 3.53. The van der Waals surface area contributed by atoms with Crippen LogP contribution in [0.5, 0.6) is 0 Å². The van der Waals surface area contributed by atoms with Crippen molar-refractivity contribution in [3.05, 3.63) is 29.8 Å². The van der Waals surface area contributed by atoms with E-state index in [4.69, 9.17) is 0 Å². The molecule has 3 rings (SSSR count).